The maximum Gasteiger partial charge on any atom is 0.320 e. The third kappa shape index (κ3) is 6.50. The number of piperidine rings is 1. The first-order valence-corrected chi connectivity index (χ1v) is 8.87. The molecule has 1 saturated heterocycles. The van der Waals surface area contributed by atoms with E-state index in [0.29, 0.717) is 19.1 Å². The Kier molecular flexibility index (Phi) is 6.59. The number of ether oxygens (including phenoxy) is 2. The van der Waals surface area contributed by atoms with Gasteiger partial charge in [-0.25, -0.2) is 0 Å². The summed E-state index contributed by atoms with van der Waals surface area (Å²) in [6.45, 7) is 9.23. The lowest BCUT2D eigenvalue weighted by atomic mass is 9.81. The molecule has 0 radical (unpaired) electrons. The standard InChI is InChI=1S/C20H29NO4/c1-15(22)24-14-17-12-21(13-19(23)25-20(2,3)4)11-10-18(17)16-8-6-5-7-9-16/h5-9,17-18H,10-14H2,1-4H3. The predicted octanol–water partition coefficient (Wildman–Crippen LogP) is 3.00. The second kappa shape index (κ2) is 8.48. The van der Waals surface area contributed by atoms with Gasteiger partial charge in [-0.15, -0.1) is 0 Å². The average molecular weight is 347 g/mol. The maximum atomic E-state index is 12.1. The van der Waals surface area contributed by atoms with Crippen LogP contribution in [0.15, 0.2) is 30.3 Å². The molecule has 0 N–H and O–H groups in total. The summed E-state index contributed by atoms with van der Waals surface area (Å²) in [4.78, 5) is 25.4. The van der Waals surface area contributed by atoms with E-state index in [0.717, 1.165) is 13.0 Å². The number of rotatable bonds is 5. The van der Waals surface area contributed by atoms with E-state index in [1.165, 1.54) is 12.5 Å². The number of esters is 2. The van der Waals surface area contributed by atoms with Gasteiger partial charge in [0, 0.05) is 19.4 Å². The van der Waals surface area contributed by atoms with Gasteiger partial charge in [0.1, 0.15) is 5.60 Å². The van der Waals surface area contributed by atoms with Gasteiger partial charge in [0.25, 0.3) is 0 Å². The van der Waals surface area contributed by atoms with Gasteiger partial charge in [0.05, 0.1) is 13.2 Å². The molecular formula is C20H29NO4. The summed E-state index contributed by atoms with van der Waals surface area (Å²) in [5, 5.41) is 0. The first-order valence-electron chi connectivity index (χ1n) is 8.87. The van der Waals surface area contributed by atoms with Gasteiger partial charge in [-0.1, -0.05) is 30.3 Å². The summed E-state index contributed by atoms with van der Waals surface area (Å²) < 4.78 is 10.7. The number of hydrogen-bond acceptors (Lipinski definition) is 5. The van der Waals surface area contributed by atoms with E-state index in [1.54, 1.807) is 0 Å². The second-order valence-corrected chi connectivity index (χ2v) is 7.69. The molecule has 0 amide bonds. The Balaban J connectivity index is 2.02. The van der Waals surface area contributed by atoms with Crippen LogP contribution in [0.25, 0.3) is 0 Å². The number of likely N-dealkylation sites (tertiary alicyclic amines) is 1. The number of carbonyl (C=O) groups is 2. The quantitative estimate of drug-likeness (QED) is 0.767. The largest absolute Gasteiger partial charge is 0.466 e. The molecule has 1 heterocycles. The summed E-state index contributed by atoms with van der Waals surface area (Å²) in [7, 11) is 0. The van der Waals surface area contributed by atoms with E-state index in [4.69, 9.17) is 9.47 Å². The predicted molar refractivity (Wildman–Crippen MR) is 96.2 cm³/mol. The molecule has 1 fully saturated rings. The van der Waals surface area contributed by atoms with Gasteiger partial charge in [0.2, 0.25) is 0 Å². The van der Waals surface area contributed by atoms with E-state index in [9.17, 15) is 9.59 Å². The number of benzene rings is 1. The third-order valence-electron chi connectivity index (χ3n) is 4.32. The number of hydrogen-bond donors (Lipinski definition) is 0. The molecule has 138 valence electrons. The molecule has 0 bridgehead atoms. The molecule has 0 aromatic heterocycles. The molecule has 0 spiro atoms. The highest BCUT2D eigenvalue weighted by atomic mass is 16.6. The van der Waals surface area contributed by atoms with Gasteiger partial charge in [-0.05, 0) is 45.2 Å². The molecule has 5 heteroatoms. The lowest BCUT2D eigenvalue weighted by Crippen LogP contribution is -2.45. The molecule has 1 aromatic carbocycles. The Hall–Kier alpha value is -1.88. The topological polar surface area (TPSA) is 55.8 Å². The minimum absolute atomic E-state index is 0.169. The van der Waals surface area contributed by atoms with Crippen molar-refractivity contribution in [1.29, 1.82) is 0 Å². The van der Waals surface area contributed by atoms with Gasteiger partial charge in [0.15, 0.2) is 0 Å². The van der Waals surface area contributed by atoms with Crippen molar-refractivity contribution in [2.24, 2.45) is 5.92 Å². The van der Waals surface area contributed by atoms with Crippen LogP contribution >= 0.6 is 0 Å². The highest BCUT2D eigenvalue weighted by Gasteiger charge is 2.32. The molecular weight excluding hydrogens is 318 g/mol. The van der Waals surface area contributed by atoms with Crippen LogP contribution in [0.1, 0.15) is 45.6 Å². The molecule has 1 aliphatic heterocycles. The fraction of sp³-hybridized carbons (Fsp3) is 0.600. The second-order valence-electron chi connectivity index (χ2n) is 7.69. The zero-order valence-electron chi connectivity index (χ0n) is 15.7. The highest BCUT2D eigenvalue weighted by Crippen LogP contribution is 2.33. The van der Waals surface area contributed by atoms with Crippen molar-refractivity contribution < 1.29 is 19.1 Å². The molecule has 1 aliphatic rings. The first-order chi connectivity index (χ1) is 11.7. The average Bonchev–Trinajstić information content (AvgIpc) is 2.52. The summed E-state index contributed by atoms with van der Waals surface area (Å²) in [5.41, 5.74) is 0.785. The van der Waals surface area contributed by atoms with Gasteiger partial charge < -0.3 is 9.47 Å². The van der Waals surface area contributed by atoms with Crippen LogP contribution in [0.5, 0.6) is 0 Å². The first kappa shape index (κ1) is 19.4. The van der Waals surface area contributed by atoms with E-state index < -0.39 is 5.60 Å². The number of nitrogens with zero attached hydrogens (tertiary/aromatic N) is 1. The molecule has 25 heavy (non-hydrogen) atoms. The van der Waals surface area contributed by atoms with Gasteiger partial charge in [-0.3, -0.25) is 14.5 Å². The zero-order chi connectivity index (χ0) is 18.4. The normalized spacial score (nSPS) is 21.6. The minimum atomic E-state index is -0.476. The Bertz CT molecular complexity index is 579. The van der Waals surface area contributed by atoms with Crippen molar-refractivity contribution in [3.05, 3.63) is 35.9 Å². The smallest absolute Gasteiger partial charge is 0.320 e. The van der Waals surface area contributed by atoms with Crippen molar-refractivity contribution in [2.75, 3.05) is 26.2 Å². The lowest BCUT2D eigenvalue weighted by molar-refractivity contribution is -0.157. The van der Waals surface area contributed by atoms with Crippen molar-refractivity contribution in [3.8, 4) is 0 Å². The Labute approximate surface area is 150 Å². The third-order valence-corrected chi connectivity index (χ3v) is 4.32. The Morgan fingerprint density at radius 2 is 1.88 bits per heavy atom. The monoisotopic (exact) mass is 347 g/mol. The molecule has 1 aromatic rings. The van der Waals surface area contributed by atoms with E-state index in [1.807, 2.05) is 39.0 Å². The lowest BCUT2D eigenvalue weighted by Gasteiger charge is -2.38. The van der Waals surface area contributed by atoms with Crippen LogP contribution in [0.3, 0.4) is 0 Å². The van der Waals surface area contributed by atoms with Gasteiger partial charge in [-0.2, -0.15) is 0 Å². The summed E-state index contributed by atoms with van der Waals surface area (Å²) in [5.74, 6) is 0.0194. The van der Waals surface area contributed by atoms with Crippen LogP contribution in [0.2, 0.25) is 0 Å². The van der Waals surface area contributed by atoms with Crippen LogP contribution in [0, 0.1) is 5.92 Å². The van der Waals surface area contributed by atoms with Crippen molar-refractivity contribution in [3.63, 3.8) is 0 Å². The van der Waals surface area contributed by atoms with Crippen LogP contribution in [-0.2, 0) is 19.1 Å². The van der Waals surface area contributed by atoms with Crippen molar-refractivity contribution in [1.82, 2.24) is 4.90 Å². The van der Waals surface area contributed by atoms with E-state index in [-0.39, 0.29) is 24.4 Å². The van der Waals surface area contributed by atoms with Crippen molar-refractivity contribution >= 4 is 11.9 Å². The van der Waals surface area contributed by atoms with E-state index in [2.05, 4.69) is 17.0 Å². The summed E-state index contributed by atoms with van der Waals surface area (Å²) in [6.07, 6.45) is 0.929. The molecule has 2 unspecified atom stereocenters. The maximum absolute atomic E-state index is 12.1. The fourth-order valence-corrected chi connectivity index (χ4v) is 3.34. The molecule has 2 rings (SSSR count). The zero-order valence-corrected chi connectivity index (χ0v) is 15.7. The molecule has 0 saturated carbocycles. The fourth-order valence-electron chi connectivity index (χ4n) is 3.34. The Morgan fingerprint density at radius 3 is 2.48 bits per heavy atom. The van der Waals surface area contributed by atoms with Gasteiger partial charge >= 0.3 is 11.9 Å². The summed E-state index contributed by atoms with van der Waals surface area (Å²) >= 11 is 0. The minimum Gasteiger partial charge on any atom is -0.466 e. The molecule has 0 aliphatic carbocycles. The SMILES string of the molecule is CC(=O)OCC1CN(CC(=O)OC(C)(C)C)CCC1c1ccccc1. The van der Waals surface area contributed by atoms with Crippen LogP contribution in [-0.4, -0.2) is 48.7 Å². The van der Waals surface area contributed by atoms with Crippen LogP contribution in [0.4, 0.5) is 0 Å². The number of carbonyl (C=O) groups excluding carboxylic acids is 2. The van der Waals surface area contributed by atoms with Crippen molar-refractivity contribution in [2.45, 2.75) is 45.6 Å². The van der Waals surface area contributed by atoms with E-state index >= 15 is 0 Å². The van der Waals surface area contributed by atoms with Crippen LogP contribution < -0.4 is 0 Å². The highest BCUT2D eigenvalue weighted by molar-refractivity contribution is 5.72. The summed E-state index contributed by atoms with van der Waals surface area (Å²) in [6, 6.07) is 10.3. The molecule has 2 atom stereocenters. The molecule has 5 nitrogen and oxygen atoms in total. The Morgan fingerprint density at radius 1 is 1.20 bits per heavy atom.